The third kappa shape index (κ3) is 17.2. The second-order valence-corrected chi connectivity index (χ2v) is 8.14. The molecule has 0 spiro atoms. The van der Waals surface area contributed by atoms with Gasteiger partial charge in [0.15, 0.2) is 0 Å². The van der Waals surface area contributed by atoms with Crippen molar-refractivity contribution >= 4 is 5.97 Å². The molecule has 0 aliphatic rings. The Morgan fingerprint density at radius 3 is 1.44 bits per heavy atom. The topological polar surface area (TPSA) is 66.6 Å². The fourth-order valence-corrected chi connectivity index (χ4v) is 3.68. The Balaban J connectivity index is 3.33. The minimum Gasteiger partial charge on any atom is -0.480 e. The monoisotopic (exact) mass is 384 g/mol. The van der Waals surface area contributed by atoms with Crippen LogP contribution in [-0.2, 0) is 4.79 Å². The van der Waals surface area contributed by atoms with Crippen LogP contribution in [0.4, 0.5) is 0 Å². The van der Waals surface area contributed by atoms with E-state index >= 15 is 0 Å². The van der Waals surface area contributed by atoms with Crippen LogP contribution in [-0.4, -0.2) is 41.7 Å². The van der Waals surface area contributed by atoms with Crippen LogP contribution in [0.3, 0.4) is 0 Å². The van der Waals surface area contributed by atoms with Crippen molar-refractivity contribution in [1.82, 2.24) is 4.90 Å². The number of hydrogen-bond donors (Lipinski definition) is 2. The van der Waals surface area contributed by atoms with Crippen molar-refractivity contribution in [2.24, 2.45) is 5.73 Å². The van der Waals surface area contributed by atoms with Crippen LogP contribution in [0.5, 0.6) is 0 Å². The first-order valence-corrected chi connectivity index (χ1v) is 11.8. The van der Waals surface area contributed by atoms with Gasteiger partial charge in [-0.3, -0.25) is 9.69 Å². The maximum Gasteiger partial charge on any atom is 0.320 e. The number of unbranched alkanes of at least 4 members (excludes halogenated alkanes) is 15. The predicted molar refractivity (Wildman–Crippen MR) is 117 cm³/mol. The predicted octanol–water partition coefficient (Wildman–Crippen LogP) is 5.98. The molecule has 0 saturated carbocycles. The van der Waals surface area contributed by atoms with Crippen LogP contribution < -0.4 is 5.73 Å². The van der Waals surface area contributed by atoms with Gasteiger partial charge in [-0.2, -0.15) is 0 Å². The molecule has 3 N–H and O–H groups in total. The van der Waals surface area contributed by atoms with Crippen molar-refractivity contribution in [3.05, 3.63) is 0 Å². The Bertz CT molecular complexity index is 324. The molecule has 0 heterocycles. The lowest BCUT2D eigenvalue weighted by molar-refractivity contribution is -0.142. The van der Waals surface area contributed by atoms with Gasteiger partial charge in [0.2, 0.25) is 0 Å². The summed E-state index contributed by atoms with van der Waals surface area (Å²) in [6.07, 6.45) is 21.8. The molecule has 1 unspecified atom stereocenters. The average Bonchev–Trinajstić information content (AvgIpc) is 2.66. The molecule has 4 heteroatoms. The molecule has 0 aliphatic heterocycles. The first-order chi connectivity index (χ1) is 13.1. The fraction of sp³-hybridized carbons (Fsp3) is 0.957. The molecule has 162 valence electrons. The van der Waals surface area contributed by atoms with E-state index in [9.17, 15) is 4.79 Å². The van der Waals surface area contributed by atoms with Gasteiger partial charge >= 0.3 is 5.97 Å². The highest BCUT2D eigenvalue weighted by atomic mass is 16.4. The number of carboxylic acid groups (broad SMARTS) is 1. The first kappa shape index (κ1) is 26.4. The number of hydrogen-bond acceptors (Lipinski definition) is 3. The Hall–Kier alpha value is -0.610. The van der Waals surface area contributed by atoms with E-state index in [1.165, 1.54) is 96.3 Å². The molecule has 0 aliphatic carbocycles. The van der Waals surface area contributed by atoms with Gasteiger partial charge < -0.3 is 10.8 Å². The lowest BCUT2D eigenvalue weighted by Crippen LogP contribution is -2.42. The van der Waals surface area contributed by atoms with E-state index in [1.807, 2.05) is 4.90 Å². The van der Waals surface area contributed by atoms with Gasteiger partial charge in [0, 0.05) is 13.1 Å². The quantitative estimate of drug-likeness (QED) is 0.239. The van der Waals surface area contributed by atoms with Gasteiger partial charge in [-0.25, -0.2) is 0 Å². The number of nitrogens with two attached hydrogens (primary N) is 1. The smallest absolute Gasteiger partial charge is 0.320 e. The van der Waals surface area contributed by atoms with Gasteiger partial charge in [-0.05, 0) is 19.9 Å². The van der Waals surface area contributed by atoms with Crippen LogP contribution in [0, 0.1) is 0 Å². The summed E-state index contributed by atoms with van der Waals surface area (Å²) in [5, 5.41) is 9.13. The zero-order valence-electron chi connectivity index (χ0n) is 18.4. The molecule has 27 heavy (non-hydrogen) atoms. The molecule has 0 radical (unpaired) electrons. The number of rotatable bonds is 21. The normalized spacial score (nSPS) is 12.6. The molecule has 0 rings (SSSR count). The average molecular weight is 385 g/mol. The molecule has 0 aromatic carbocycles. The number of carboxylic acids is 1. The van der Waals surface area contributed by atoms with Crippen molar-refractivity contribution in [2.75, 3.05) is 19.6 Å². The molecule has 0 aromatic rings. The molecule has 0 amide bonds. The van der Waals surface area contributed by atoms with E-state index in [4.69, 9.17) is 10.8 Å². The highest BCUT2D eigenvalue weighted by Gasteiger charge is 2.18. The molecular weight excluding hydrogens is 336 g/mol. The zero-order chi connectivity index (χ0) is 20.2. The SMILES string of the molecule is CCCCCCCCCCCCCCCCCCN(CCN)C(C)C(=O)O. The third-order valence-electron chi connectivity index (χ3n) is 5.62. The highest BCUT2D eigenvalue weighted by Crippen LogP contribution is 2.14. The van der Waals surface area contributed by atoms with Crippen LogP contribution >= 0.6 is 0 Å². The largest absolute Gasteiger partial charge is 0.480 e. The van der Waals surface area contributed by atoms with Gasteiger partial charge in [0.1, 0.15) is 6.04 Å². The molecule has 1 atom stereocenters. The van der Waals surface area contributed by atoms with E-state index in [2.05, 4.69) is 6.92 Å². The molecule has 0 saturated heterocycles. The van der Waals surface area contributed by atoms with Gasteiger partial charge in [0.25, 0.3) is 0 Å². The summed E-state index contributed by atoms with van der Waals surface area (Å²) >= 11 is 0. The lowest BCUT2D eigenvalue weighted by Gasteiger charge is -2.25. The van der Waals surface area contributed by atoms with Crippen LogP contribution in [0.15, 0.2) is 0 Å². The first-order valence-electron chi connectivity index (χ1n) is 11.8. The lowest BCUT2D eigenvalue weighted by atomic mass is 10.0. The van der Waals surface area contributed by atoms with E-state index in [1.54, 1.807) is 6.92 Å². The molecule has 0 aromatic heterocycles. The summed E-state index contributed by atoms with van der Waals surface area (Å²) in [7, 11) is 0. The maximum absolute atomic E-state index is 11.1. The zero-order valence-corrected chi connectivity index (χ0v) is 18.4. The van der Waals surface area contributed by atoms with E-state index in [0.29, 0.717) is 13.1 Å². The van der Waals surface area contributed by atoms with Gasteiger partial charge in [-0.1, -0.05) is 103 Å². The van der Waals surface area contributed by atoms with Crippen molar-refractivity contribution in [2.45, 2.75) is 123 Å². The van der Waals surface area contributed by atoms with Crippen molar-refractivity contribution in [1.29, 1.82) is 0 Å². The molecule has 4 nitrogen and oxygen atoms in total. The molecular formula is C23H48N2O2. The van der Waals surface area contributed by atoms with Crippen LogP contribution in [0.25, 0.3) is 0 Å². The van der Waals surface area contributed by atoms with E-state index < -0.39 is 12.0 Å². The third-order valence-corrected chi connectivity index (χ3v) is 5.62. The molecule has 0 fully saturated rings. The second-order valence-electron chi connectivity index (χ2n) is 8.14. The maximum atomic E-state index is 11.1. The Morgan fingerprint density at radius 1 is 0.741 bits per heavy atom. The van der Waals surface area contributed by atoms with Crippen molar-refractivity contribution in [3.8, 4) is 0 Å². The Labute approximate surface area is 169 Å². The summed E-state index contributed by atoms with van der Waals surface area (Å²) < 4.78 is 0. The highest BCUT2D eigenvalue weighted by molar-refractivity contribution is 5.72. The number of aliphatic carboxylic acids is 1. The van der Waals surface area contributed by atoms with E-state index in [-0.39, 0.29) is 0 Å². The minimum atomic E-state index is -0.750. The summed E-state index contributed by atoms with van der Waals surface area (Å²) in [4.78, 5) is 13.1. The molecule has 0 bridgehead atoms. The minimum absolute atomic E-state index is 0.426. The summed E-state index contributed by atoms with van der Waals surface area (Å²) in [5.41, 5.74) is 5.59. The summed E-state index contributed by atoms with van der Waals surface area (Å²) in [5.74, 6) is -0.750. The number of carbonyl (C=O) groups is 1. The van der Waals surface area contributed by atoms with Crippen LogP contribution in [0.2, 0.25) is 0 Å². The van der Waals surface area contributed by atoms with Crippen LogP contribution in [0.1, 0.15) is 117 Å². The summed E-state index contributed by atoms with van der Waals surface area (Å²) in [6.45, 7) is 6.08. The summed E-state index contributed by atoms with van der Waals surface area (Å²) in [6, 6.07) is -0.426. The fourth-order valence-electron chi connectivity index (χ4n) is 3.68. The second kappa shape index (κ2) is 20.1. The Morgan fingerprint density at radius 2 is 1.11 bits per heavy atom. The van der Waals surface area contributed by atoms with Crippen molar-refractivity contribution < 1.29 is 9.90 Å². The van der Waals surface area contributed by atoms with E-state index in [0.717, 1.165) is 13.0 Å². The van der Waals surface area contributed by atoms with Crippen molar-refractivity contribution in [3.63, 3.8) is 0 Å². The van der Waals surface area contributed by atoms with Gasteiger partial charge in [-0.15, -0.1) is 0 Å². The number of nitrogens with zero attached hydrogens (tertiary/aromatic N) is 1. The Kier molecular flexibility index (Phi) is 19.7. The van der Waals surface area contributed by atoms with Gasteiger partial charge in [0.05, 0.1) is 0 Å². The standard InChI is InChI=1S/C23H48N2O2/c1-3-4-5-6-7-8-9-10-11-12-13-14-15-16-17-18-20-25(21-19-24)22(2)23(26)27/h22H,3-21,24H2,1-2H3,(H,26,27).